The fraction of sp³-hybridized carbons (Fsp3) is 0.167. The van der Waals surface area contributed by atoms with Crippen LogP contribution < -0.4 is 4.90 Å². The van der Waals surface area contributed by atoms with E-state index >= 15 is 0 Å². The van der Waals surface area contributed by atoms with Crippen molar-refractivity contribution in [2.45, 2.75) is 18.9 Å². The molecule has 1 atom stereocenters. The lowest BCUT2D eigenvalue weighted by atomic mass is 10.1. The number of halogens is 2. The number of hydrogen-bond acceptors (Lipinski definition) is 2. The smallest absolute Gasteiger partial charge is 0.227 e. The van der Waals surface area contributed by atoms with Crippen LogP contribution in [0.1, 0.15) is 23.7 Å². The third-order valence-corrected chi connectivity index (χ3v) is 6.17. The van der Waals surface area contributed by atoms with Gasteiger partial charge in [-0.15, -0.1) is 0 Å². The summed E-state index contributed by atoms with van der Waals surface area (Å²) in [6.07, 6.45) is 0.437. The second-order valence-corrected chi connectivity index (χ2v) is 8.37. The topological polar surface area (TPSA) is 38.1 Å². The Kier molecular flexibility index (Phi) is 4.97. The molecule has 1 unspecified atom stereocenters. The lowest BCUT2D eigenvalue weighted by molar-refractivity contribution is -0.117. The average Bonchev–Trinajstić information content (AvgIpc) is 3.31. The van der Waals surface area contributed by atoms with Crippen molar-refractivity contribution < 1.29 is 4.79 Å². The van der Waals surface area contributed by atoms with E-state index in [2.05, 4.69) is 10.6 Å². The van der Waals surface area contributed by atoms with Gasteiger partial charge in [-0.3, -0.25) is 4.79 Å². The SMILES string of the molecule is O=C1CC(c2nc3ccccc3n2Cc2ccc(Cl)cc2Cl)CN1c1ccccc1. The maximum Gasteiger partial charge on any atom is 0.227 e. The molecule has 1 aliphatic heterocycles. The Labute approximate surface area is 184 Å². The lowest BCUT2D eigenvalue weighted by Gasteiger charge is -2.17. The van der Waals surface area contributed by atoms with Gasteiger partial charge in [0.15, 0.2) is 0 Å². The minimum Gasteiger partial charge on any atom is -0.323 e. The second-order valence-electron chi connectivity index (χ2n) is 7.52. The highest BCUT2D eigenvalue weighted by Crippen LogP contribution is 2.34. The van der Waals surface area contributed by atoms with Crippen LogP contribution in [0.5, 0.6) is 0 Å². The molecule has 1 saturated heterocycles. The van der Waals surface area contributed by atoms with Crippen molar-refractivity contribution in [2.75, 3.05) is 11.4 Å². The highest BCUT2D eigenvalue weighted by molar-refractivity contribution is 6.35. The fourth-order valence-electron chi connectivity index (χ4n) is 4.13. The Morgan fingerprint density at radius 1 is 0.967 bits per heavy atom. The summed E-state index contributed by atoms with van der Waals surface area (Å²) in [4.78, 5) is 19.6. The number of imidazole rings is 1. The fourth-order valence-corrected chi connectivity index (χ4v) is 4.60. The maximum atomic E-state index is 12.8. The second kappa shape index (κ2) is 7.78. The van der Waals surface area contributed by atoms with Crippen LogP contribution >= 0.6 is 23.2 Å². The number of carbonyl (C=O) groups excluding carboxylic acids is 1. The zero-order chi connectivity index (χ0) is 20.7. The van der Waals surface area contributed by atoms with Crippen LogP contribution in [-0.2, 0) is 11.3 Å². The standard InChI is InChI=1S/C24H19Cl2N3O/c25-18-11-10-16(20(26)13-18)14-29-22-9-5-4-8-21(22)27-24(29)17-12-23(30)28(15-17)19-6-2-1-3-7-19/h1-11,13,17H,12,14-15H2. The predicted molar refractivity (Wildman–Crippen MR) is 121 cm³/mol. The van der Waals surface area contributed by atoms with Gasteiger partial charge in [-0.1, -0.05) is 59.6 Å². The number of anilines is 1. The van der Waals surface area contributed by atoms with E-state index in [1.807, 2.05) is 65.6 Å². The molecule has 30 heavy (non-hydrogen) atoms. The first-order chi connectivity index (χ1) is 14.6. The summed E-state index contributed by atoms with van der Waals surface area (Å²) < 4.78 is 2.18. The van der Waals surface area contributed by atoms with E-state index in [0.29, 0.717) is 29.6 Å². The van der Waals surface area contributed by atoms with Gasteiger partial charge in [0.1, 0.15) is 5.82 Å². The normalized spacial score (nSPS) is 16.5. The van der Waals surface area contributed by atoms with E-state index in [9.17, 15) is 4.79 Å². The molecule has 1 aliphatic rings. The summed E-state index contributed by atoms with van der Waals surface area (Å²) in [6, 6.07) is 23.4. The number of carbonyl (C=O) groups is 1. The minimum absolute atomic E-state index is 0.0104. The molecule has 3 aromatic carbocycles. The molecule has 1 fully saturated rings. The van der Waals surface area contributed by atoms with Gasteiger partial charge < -0.3 is 9.47 Å². The van der Waals surface area contributed by atoms with Crippen LogP contribution in [-0.4, -0.2) is 22.0 Å². The molecule has 150 valence electrons. The molecule has 0 spiro atoms. The van der Waals surface area contributed by atoms with Crippen LogP contribution in [0.25, 0.3) is 11.0 Å². The molecular weight excluding hydrogens is 417 g/mol. The molecule has 0 radical (unpaired) electrons. The van der Waals surface area contributed by atoms with Crippen molar-refractivity contribution in [1.29, 1.82) is 0 Å². The Balaban J connectivity index is 1.55. The first-order valence-corrected chi connectivity index (χ1v) is 10.6. The number of benzene rings is 3. The van der Waals surface area contributed by atoms with E-state index in [-0.39, 0.29) is 11.8 Å². The predicted octanol–water partition coefficient (Wildman–Crippen LogP) is 5.91. The van der Waals surface area contributed by atoms with Crippen LogP contribution in [0, 0.1) is 0 Å². The number of hydrogen-bond donors (Lipinski definition) is 0. The largest absolute Gasteiger partial charge is 0.323 e. The van der Waals surface area contributed by atoms with Gasteiger partial charge in [0.25, 0.3) is 0 Å². The summed E-state index contributed by atoms with van der Waals surface area (Å²) in [7, 11) is 0. The van der Waals surface area contributed by atoms with Crippen molar-refractivity contribution in [1.82, 2.24) is 9.55 Å². The lowest BCUT2D eigenvalue weighted by Crippen LogP contribution is -2.24. The highest BCUT2D eigenvalue weighted by atomic mass is 35.5. The molecular formula is C24H19Cl2N3O. The van der Waals surface area contributed by atoms with Crippen LogP contribution in [0.4, 0.5) is 5.69 Å². The van der Waals surface area contributed by atoms with Crippen molar-refractivity contribution in [3.63, 3.8) is 0 Å². The number of rotatable bonds is 4. The van der Waals surface area contributed by atoms with E-state index in [0.717, 1.165) is 28.1 Å². The summed E-state index contributed by atoms with van der Waals surface area (Å²) in [5.41, 5.74) is 3.84. The van der Waals surface area contributed by atoms with Crippen LogP contribution in [0.2, 0.25) is 10.0 Å². The zero-order valence-corrected chi connectivity index (χ0v) is 17.6. The molecule has 0 saturated carbocycles. The molecule has 0 N–H and O–H groups in total. The third-order valence-electron chi connectivity index (χ3n) is 5.59. The molecule has 4 aromatic rings. The van der Waals surface area contributed by atoms with Crippen molar-refractivity contribution >= 4 is 45.8 Å². The quantitative estimate of drug-likeness (QED) is 0.399. The van der Waals surface area contributed by atoms with E-state index in [1.165, 1.54) is 0 Å². The Morgan fingerprint density at radius 2 is 1.73 bits per heavy atom. The van der Waals surface area contributed by atoms with Gasteiger partial charge in [-0.2, -0.15) is 0 Å². The summed E-state index contributed by atoms with van der Waals surface area (Å²) >= 11 is 12.5. The van der Waals surface area contributed by atoms with Crippen LogP contribution in [0.15, 0.2) is 72.8 Å². The maximum absolute atomic E-state index is 12.8. The highest BCUT2D eigenvalue weighted by Gasteiger charge is 2.34. The summed E-state index contributed by atoms with van der Waals surface area (Å²) in [5, 5.41) is 1.24. The monoisotopic (exact) mass is 435 g/mol. The summed E-state index contributed by atoms with van der Waals surface area (Å²) in [6.45, 7) is 1.18. The Bertz CT molecular complexity index is 1240. The zero-order valence-electron chi connectivity index (χ0n) is 16.1. The van der Waals surface area contributed by atoms with Gasteiger partial charge in [0.05, 0.1) is 17.6 Å². The van der Waals surface area contributed by atoms with Crippen molar-refractivity contribution in [3.05, 3.63) is 94.2 Å². The number of para-hydroxylation sites is 3. The first kappa shape index (κ1) is 19.2. The molecule has 1 aromatic heterocycles. The van der Waals surface area contributed by atoms with Crippen molar-refractivity contribution in [2.24, 2.45) is 0 Å². The van der Waals surface area contributed by atoms with E-state index in [4.69, 9.17) is 28.2 Å². The van der Waals surface area contributed by atoms with E-state index < -0.39 is 0 Å². The molecule has 4 nitrogen and oxygen atoms in total. The van der Waals surface area contributed by atoms with Gasteiger partial charge in [0.2, 0.25) is 5.91 Å². The molecule has 5 rings (SSSR count). The van der Waals surface area contributed by atoms with Gasteiger partial charge in [0, 0.05) is 34.6 Å². The molecule has 0 aliphatic carbocycles. The molecule has 1 amide bonds. The molecule has 0 bridgehead atoms. The van der Waals surface area contributed by atoms with Crippen LogP contribution in [0.3, 0.4) is 0 Å². The van der Waals surface area contributed by atoms with Gasteiger partial charge >= 0.3 is 0 Å². The summed E-state index contributed by atoms with van der Waals surface area (Å²) in [5.74, 6) is 1.04. The van der Waals surface area contributed by atoms with Gasteiger partial charge in [-0.05, 0) is 42.0 Å². The third kappa shape index (κ3) is 3.47. The Hall–Kier alpha value is -2.82. The number of fused-ring (bicyclic) bond motifs is 1. The first-order valence-electron chi connectivity index (χ1n) is 9.84. The van der Waals surface area contributed by atoms with E-state index in [1.54, 1.807) is 6.07 Å². The number of amides is 1. The Morgan fingerprint density at radius 3 is 2.53 bits per heavy atom. The molecule has 2 heterocycles. The number of aromatic nitrogens is 2. The minimum atomic E-state index is 0.0104. The number of nitrogens with zero attached hydrogens (tertiary/aromatic N) is 3. The van der Waals surface area contributed by atoms with Crippen molar-refractivity contribution in [3.8, 4) is 0 Å². The average molecular weight is 436 g/mol. The molecule has 6 heteroatoms. The van der Waals surface area contributed by atoms with Gasteiger partial charge in [-0.25, -0.2) is 4.98 Å².